The Kier molecular flexibility index (Phi) is 4.03. The van der Waals surface area contributed by atoms with Crippen molar-refractivity contribution in [2.45, 2.75) is 26.8 Å². The fourth-order valence-corrected chi connectivity index (χ4v) is 1.89. The van der Waals surface area contributed by atoms with Gasteiger partial charge < -0.3 is 10.6 Å². The van der Waals surface area contributed by atoms with Crippen molar-refractivity contribution < 1.29 is 0 Å². The highest BCUT2D eigenvalue weighted by Gasteiger charge is 2.15. The van der Waals surface area contributed by atoms with Crippen LogP contribution in [0.1, 0.15) is 20.8 Å². The van der Waals surface area contributed by atoms with E-state index in [1.165, 1.54) is 0 Å². The van der Waals surface area contributed by atoms with Gasteiger partial charge >= 0.3 is 0 Å². The Morgan fingerprint density at radius 1 is 1.27 bits per heavy atom. The molecule has 1 rings (SSSR count). The SMILES string of the molecule is CC(C)C(C)N(C)c1ccc(Br)cc1N. The molecule has 1 aromatic carbocycles. The molecule has 0 fully saturated rings. The van der Waals surface area contributed by atoms with Crippen LogP contribution >= 0.6 is 15.9 Å². The quantitative estimate of drug-likeness (QED) is 0.852. The normalized spacial score (nSPS) is 12.9. The van der Waals surface area contributed by atoms with Crippen molar-refractivity contribution >= 4 is 27.3 Å². The molecule has 1 aromatic rings. The fourth-order valence-electron chi connectivity index (χ4n) is 1.51. The summed E-state index contributed by atoms with van der Waals surface area (Å²) in [4.78, 5) is 2.23. The number of hydrogen-bond acceptors (Lipinski definition) is 2. The van der Waals surface area contributed by atoms with Gasteiger partial charge in [0, 0.05) is 17.6 Å². The van der Waals surface area contributed by atoms with Crippen molar-refractivity contribution in [3.8, 4) is 0 Å². The minimum absolute atomic E-state index is 0.480. The Balaban J connectivity index is 2.96. The summed E-state index contributed by atoms with van der Waals surface area (Å²) in [5.41, 5.74) is 7.90. The van der Waals surface area contributed by atoms with Crippen molar-refractivity contribution in [3.63, 3.8) is 0 Å². The van der Waals surface area contributed by atoms with E-state index in [0.717, 1.165) is 15.8 Å². The van der Waals surface area contributed by atoms with E-state index >= 15 is 0 Å². The second-order valence-corrected chi connectivity index (χ2v) is 5.21. The number of benzene rings is 1. The largest absolute Gasteiger partial charge is 0.397 e. The molecule has 0 aromatic heterocycles. The van der Waals surface area contributed by atoms with Gasteiger partial charge in [-0.1, -0.05) is 29.8 Å². The van der Waals surface area contributed by atoms with Gasteiger partial charge in [0.1, 0.15) is 0 Å². The molecule has 15 heavy (non-hydrogen) atoms. The van der Waals surface area contributed by atoms with Crippen LogP contribution in [-0.4, -0.2) is 13.1 Å². The van der Waals surface area contributed by atoms with Crippen LogP contribution in [0.25, 0.3) is 0 Å². The molecule has 1 unspecified atom stereocenters. The summed E-state index contributed by atoms with van der Waals surface area (Å²) in [6.45, 7) is 6.65. The zero-order chi connectivity index (χ0) is 11.6. The summed E-state index contributed by atoms with van der Waals surface area (Å²) in [6.07, 6.45) is 0. The zero-order valence-corrected chi connectivity index (χ0v) is 11.4. The third kappa shape index (κ3) is 2.88. The maximum Gasteiger partial charge on any atom is 0.0600 e. The molecule has 0 radical (unpaired) electrons. The van der Waals surface area contributed by atoms with Crippen LogP contribution < -0.4 is 10.6 Å². The molecule has 0 aliphatic rings. The summed E-state index contributed by atoms with van der Waals surface area (Å²) in [7, 11) is 2.09. The average Bonchev–Trinajstić information content (AvgIpc) is 2.15. The third-order valence-electron chi connectivity index (χ3n) is 2.95. The van der Waals surface area contributed by atoms with E-state index in [-0.39, 0.29) is 0 Å². The minimum Gasteiger partial charge on any atom is -0.397 e. The van der Waals surface area contributed by atoms with Crippen LogP contribution in [0.2, 0.25) is 0 Å². The molecule has 2 nitrogen and oxygen atoms in total. The average molecular weight is 271 g/mol. The highest BCUT2D eigenvalue weighted by Crippen LogP contribution is 2.28. The summed E-state index contributed by atoms with van der Waals surface area (Å²) in [6, 6.07) is 6.50. The molecule has 1 atom stereocenters. The molecular weight excluding hydrogens is 252 g/mol. The van der Waals surface area contributed by atoms with E-state index in [1.54, 1.807) is 0 Å². The van der Waals surface area contributed by atoms with Gasteiger partial charge in [0.2, 0.25) is 0 Å². The van der Waals surface area contributed by atoms with Gasteiger partial charge in [-0.05, 0) is 31.0 Å². The Morgan fingerprint density at radius 2 is 1.87 bits per heavy atom. The van der Waals surface area contributed by atoms with Gasteiger partial charge in [-0.25, -0.2) is 0 Å². The van der Waals surface area contributed by atoms with Gasteiger partial charge in [0.25, 0.3) is 0 Å². The molecule has 84 valence electrons. The lowest BCUT2D eigenvalue weighted by Gasteiger charge is -2.31. The predicted molar refractivity (Wildman–Crippen MR) is 71.3 cm³/mol. The van der Waals surface area contributed by atoms with Crippen LogP contribution in [0.15, 0.2) is 22.7 Å². The number of halogens is 1. The van der Waals surface area contributed by atoms with Crippen LogP contribution in [0.4, 0.5) is 11.4 Å². The number of nitrogens with zero attached hydrogens (tertiary/aromatic N) is 1. The first-order valence-corrected chi connectivity index (χ1v) is 6.00. The summed E-state index contributed by atoms with van der Waals surface area (Å²) >= 11 is 3.41. The third-order valence-corrected chi connectivity index (χ3v) is 3.44. The molecule has 0 heterocycles. The van der Waals surface area contributed by atoms with Crippen LogP contribution in [0, 0.1) is 5.92 Å². The molecule has 0 spiro atoms. The molecule has 0 amide bonds. The lowest BCUT2D eigenvalue weighted by Crippen LogP contribution is -2.33. The number of rotatable bonds is 3. The van der Waals surface area contributed by atoms with Crippen molar-refractivity contribution in [1.82, 2.24) is 0 Å². The monoisotopic (exact) mass is 270 g/mol. The second kappa shape index (κ2) is 4.88. The smallest absolute Gasteiger partial charge is 0.0600 e. The Morgan fingerprint density at radius 3 is 2.33 bits per heavy atom. The lowest BCUT2D eigenvalue weighted by atomic mass is 10.0. The van der Waals surface area contributed by atoms with Crippen molar-refractivity contribution in [2.24, 2.45) is 5.92 Å². The highest BCUT2D eigenvalue weighted by atomic mass is 79.9. The molecular formula is C12H19BrN2. The maximum atomic E-state index is 5.99. The standard InChI is InChI=1S/C12H19BrN2/c1-8(2)9(3)15(4)12-6-5-10(13)7-11(12)14/h5-9H,14H2,1-4H3. The first-order valence-electron chi connectivity index (χ1n) is 5.21. The van der Waals surface area contributed by atoms with E-state index in [9.17, 15) is 0 Å². The van der Waals surface area contributed by atoms with Gasteiger partial charge in [-0.15, -0.1) is 0 Å². The van der Waals surface area contributed by atoms with Crippen LogP contribution in [0.5, 0.6) is 0 Å². The summed E-state index contributed by atoms with van der Waals surface area (Å²) in [5.74, 6) is 0.609. The van der Waals surface area contributed by atoms with Crippen LogP contribution in [0.3, 0.4) is 0 Å². The lowest BCUT2D eigenvalue weighted by molar-refractivity contribution is 0.506. The maximum absolute atomic E-state index is 5.99. The topological polar surface area (TPSA) is 29.3 Å². The number of anilines is 2. The van der Waals surface area contributed by atoms with Crippen molar-refractivity contribution in [1.29, 1.82) is 0 Å². The predicted octanol–water partition coefficient (Wildman–Crippen LogP) is 3.51. The number of hydrogen-bond donors (Lipinski definition) is 1. The van der Waals surface area contributed by atoms with Crippen molar-refractivity contribution in [2.75, 3.05) is 17.7 Å². The van der Waals surface area contributed by atoms with Crippen molar-refractivity contribution in [3.05, 3.63) is 22.7 Å². The molecule has 0 aliphatic carbocycles. The molecule has 3 heteroatoms. The second-order valence-electron chi connectivity index (χ2n) is 4.30. The molecule has 0 aliphatic heterocycles. The molecule has 0 bridgehead atoms. The molecule has 2 N–H and O–H groups in total. The van der Waals surface area contributed by atoms with Gasteiger partial charge in [-0.2, -0.15) is 0 Å². The number of nitrogen functional groups attached to an aromatic ring is 1. The Hall–Kier alpha value is -0.700. The van der Waals surface area contributed by atoms with Crippen LogP contribution in [-0.2, 0) is 0 Å². The molecule has 0 saturated carbocycles. The zero-order valence-electron chi connectivity index (χ0n) is 9.79. The van der Waals surface area contributed by atoms with E-state index in [2.05, 4.69) is 54.7 Å². The number of nitrogens with two attached hydrogens (primary N) is 1. The first-order chi connectivity index (χ1) is 6.93. The van der Waals surface area contributed by atoms with E-state index in [1.807, 2.05) is 12.1 Å². The first kappa shape index (κ1) is 12.4. The summed E-state index contributed by atoms with van der Waals surface area (Å²) in [5, 5.41) is 0. The van der Waals surface area contributed by atoms with E-state index < -0.39 is 0 Å². The fraction of sp³-hybridized carbons (Fsp3) is 0.500. The highest BCUT2D eigenvalue weighted by molar-refractivity contribution is 9.10. The Labute approximate surface area is 101 Å². The summed E-state index contributed by atoms with van der Waals surface area (Å²) < 4.78 is 1.02. The van der Waals surface area contributed by atoms with Gasteiger partial charge in [0.15, 0.2) is 0 Å². The van der Waals surface area contributed by atoms with Gasteiger partial charge in [-0.3, -0.25) is 0 Å². The van der Waals surface area contributed by atoms with E-state index in [0.29, 0.717) is 12.0 Å². The van der Waals surface area contributed by atoms with Gasteiger partial charge in [0.05, 0.1) is 11.4 Å². The van der Waals surface area contributed by atoms with E-state index in [4.69, 9.17) is 5.73 Å². The Bertz CT molecular complexity index is 336. The minimum atomic E-state index is 0.480. The molecule has 0 saturated heterocycles.